The van der Waals surface area contributed by atoms with Gasteiger partial charge in [-0.25, -0.2) is 9.97 Å². The summed E-state index contributed by atoms with van der Waals surface area (Å²) in [6.45, 7) is 4.55. The van der Waals surface area contributed by atoms with E-state index in [2.05, 4.69) is 9.97 Å². The van der Waals surface area contributed by atoms with Gasteiger partial charge in [-0.05, 0) is 37.1 Å². The lowest BCUT2D eigenvalue weighted by atomic mass is 10.0. The number of ether oxygens (including phenoxy) is 1. The maximum atomic E-state index is 6.19. The molecule has 0 aliphatic rings. The van der Waals surface area contributed by atoms with E-state index >= 15 is 0 Å². The Morgan fingerprint density at radius 2 is 1.95 bits per heavy atom. The maximum Gasteiger partial charge on any atom is 0.138 e. The van der Waals surface area contributed by atoms with Gasteiger partial charge in [0.25, 0.3) is 0 Å². The number of halogens is 1. The van der Waals surface area contributed by atoms with Crippen LogP contribution in [0.3, 0.4) is 0 Å². The molecule has 0 atom stereocenters. The molecule has 0 aliphatic carbocycles. The Morgan fingerprint density at radius 3 is 2.58 bits per heavy atom. The van der Waals surface area contributed by atoms with Gasteiger partial charge in [-0.15, -0.1) is 0 Å². The zero-order valence-corrected chi connectivity index (χ0v) is 11.7. The highest BCUT2D eigenvalue weighted by Gasteiger charge is 2.08. The summed E-state index contributed by atoms with van der Waals surface area (Å²) in [7, 11) is 0. The summed E-state index contributed by atoms with van der Waals surface area (Å²) in [6, 6.07) is 3.85. The molecule has 2 N–H and O–H groups in total. The molecule has 0 fully saturated rings. The fourth-order valence-electron chi connectivity index (χ4n) is 1.78. The Kier molecular flexibility index (Phi) is 4.22. The largest absolute Gasteiger partial charge is 0.492 e. The number of aromatic nitrogens is 2. The van der Waals surface area contributed by atoms with Gasteiger partial charge in [-0.1, -0.05) is 11.6 Å². The Bertz CT molecular complexity index is 570. The molecule has 0 saturated carbocycles. The zero-order chi connectivity index (χ0) is 13.8. The van der Waals surface area contributed by atoms with E-state index in [9.17, 15) is 0 Å². The third-order valence-corrected chi connectivity index (χ3v) is 3.06. The number of hydrogen-bond donors (Lipinski definition) is 1. The number of hydrogen-bond acceptors (Lipinski definition) is 4. The van der Waals surface area contributed by atoms with E-state index in [1.165, 1.54) is 0 Å². The quantitative estimate of drug-likeness (QED) is 0.933. The van der Waals surface area contributed by atoms with Crippen molar-refractivity contribution in [1.29, 1.82) is 0 Å². The van der Waals surface area contributed by atoms with Gasteiger partial charge in [0.2, 0.25) is 0 Å². The highest BCUT2D eigenvalue weighted by molar-refractivity contribution is 6.32. The number of aryl methyl sites for hydroxylation is 1. The molecule has 5 heteroatoms. The Balaban J connectivity index is 2.25. The molecule has 0 spiro atoms. The van der Waals surface area contributed by atoms with Gasteiger partial charge < -0.3 is 10.5 Å². The average molecular weight is 278 g/mol. The molecule has 1 heterocycles. The summed E-state index contributed by atoms with van der Waals surface area (Å²) < 4.78 is 5.46. The summed E-state index contributed by atoms with van der Waals surface area (Å²) >= 11 is 6.19. The molecular formula is C14H16ClN3O. The van der Waals surface area contributed by atoms with Crippen LogP contribution >= 0.6 is 11.6 Å². The molecule has 2 aromatic rings. The van der Waals surface area contributed by atoms with Gasteiger partial charge in [0, 0.05) is 6.42 Å². The lowest BCUT2D eigenvalue weighted by Gasteiger charge is -2.11. The summed E-state index contributed by atoms with van der Waals surface area (Å²) in [5.41, 5.74) is 8.31. The van der Waals surface area contributed by atoms with Crippen molar-refractivity contribution in [3.05, 3.63) is 46.5 Å². The predicted octanol–water partition coefficient (Wildman–Crippen LogP) is 3.01. The lowest BCUT2D eigenvalue weighted by molar-refractivity contribution is 0.340. The zero-order valence-electron chi connectivity index (χ0n) is 11.0. The molecule has 100 valence electrons. The minimum Gasteiger partial charge on any atom is -0.492 e. The highest BCUT2D eigenvalue weighted by Crippen LogP contribution is 2.29. The highest BCUT2D eigenvalue weighted by atomic mass is 35.5. The minimum atomic E-state index is 0.560. The number of rotatable bonds is 4. The van der Waals surface area contributed by atoms with Crippen LogP contribution in [0.2, 0.25) is 5.02 Å². The van der Waals surface area contributed by atoms with Crippen molar-refractivity contribution >= 4 is 17.3 Å². The number of nitrogen functional groups attached to an aromatic ring is 1. The van der Waals surface area contributed by atoms with E-state index in [-0.39, 0.29) is 0 Å². The maximum absolute atomic E-state index is 6.19. The third kappa shape index (κ3) is 3.35. The molecule has 0 amide bonds. The van der Waals surface area contributed by atoms with Crippen molar-refractivity contribution in [1.82, 2.24) is 9.97 Å². The molecular weight excluding hydrogens is 262 g/mol. The standard InChI is InChI=1S/C14H16ClN3O/c1-3-19-13-4-9(2)10(5-12(13)15)6-14-17-7-11(16)8-18-14/h4-5,7-8H,3,6,16H2,1-2H3. The van der Waals surface area contributed by atoms with Gasteiger partial charge in [0.05, 0.1) is 29.7 Å². The molecule has 0 radical (unpaired) electrons. The molecule has 1 aromatic carbocycles. The summed E-state index contributed by atoms with van der Waals surface area (Å²) in [5, 5.41) is 0.609. The van der Waals surface area contributed by atoms with Crippen LogP contribution < -0.4 is 10.5 Å². The average Bonchev–Trinajstić information content (AvgIpc) is 2.38. The molecule has 0 aliphatic heterocycles. The van der Waals surface area contributed by atoms with Crippen LogP contribution in [0.5, 0.6) is 5.75 Å². The van der Waals surface area contributed by atoms with E-state index in [4.69, 9.17) is 22.1 Å². The monoisotopic (exact) mass is 277 g/mol. The Labute approximate surface area is 117 Å². The number of benzene rings is 1. The van der Waals surface area contributed by atoms with Crippen molar-refractivity contribution in [3.63, 3.8) is 0 Å². The lowest BCUT2D eigenvalue weighted by Crippen LogP contribution is -2.01. The number of anilines is 1. The van der Waals surface area contributed by atoms with Gasteiger partial charge in [-0.3, -0.25) is 0 Å². The topological polar surface area (TPSA) is 61.0 Å². The molecule has 4 nitrogen and oxygen atoms in total. The molecule has 1 aromatic heterocycles. The minimum absolute atomic E-state index is 0.560. The Morgan fingerprint density at radius 1 is 1.26 bits per heavy atom. The fourth-order valence-corrected chi connectivity index (χ4v) is 2.02. The second kappa shape index (κ2) is 5.89. The molecule has 2 rings (SSSR count). The van der Waals surface area contributed by atoms with Crippen LogP contribution in [0, 0.1) is 6.92 Å². The normalized spacial score (nSPS) is 10.5. The van der Waals surface area contributed by atoms with Crippen LogP contribution in [0.4, 0.5) is 5.69 Å². The van der Waals surface area contributed by atoms with Crippen molar-refractivity contribution in [2.24, 2.45) is 0 Å². The number of nitrogens with two attached hydrogens (primary N) is 1. The van der Waals surface area contributed by atoms with E-state index < -0.39 is 0 Å². The van der Waals surface area contributed by atoms with Gasteiger partial charge in [-0.2, -0.15) is 0 Å². The summed E-state index contributed by atoms with van der Waals surface area (Å²) in [4.78, 5) is 8.39. The second-order valence-electron chi connectivity index (χ2n) is 4.25. The van der Waals surface area contributed by atoms with Crippen LogP contribution in [-0.2, 0) is 6.42 Å². The Hall–Kier alpha value is -1.81. The van der Waals surface area contributed by atoms with Crippen molar-refractivity contribution in [2.45, 2.75) is 20.3 Å². The van der Waals surface area contributed by atoms with Crippen LogP contribution in [0.15, 0.2) is 24.5 Å². The summed E-state index contributed by atoms with van der Waals surface area (Å²) in [5.74, 6) is 1.43. The first kappa shape index (κ1) is 13.6. The first-order valence-electron chi connectivity index (χ1n) is 6.08. The van der Waals surface area contributed by atoms with Crippen LogP contribution in [-0.4, -0.2) is 16.6 Å². The fraction of sp³-hybridized carbons (Fsp3) is 0.286. The molecule has 0 unspecified atom stereocenters. The van der Waals surface area contributed by atoms with Gasteiger partial charge >= 0.3 is 0 Å². The van der Waals surface area contributed by atoms with Crippen molar-refractivity contribution < 1.29 is 4.74 Å². The van der Waals surface area contributed by atoms with Crippen LogP contribution in [0.1, 0.15) is 23.9 Å². The van der Waals surface area contributed by atoms with E-state index in [0.29, 0.717) is 29.5 Å². The van der Waals surface area contributed by atoms with E-state index in [0.717, 1.165) is 17.0 Å². The molecule has 0 saturated heterocycles. The molecule has 0 bridgehead atoms. The third-order valence-electron chi connectivity index (χ3n) is 2.76. The number of nitrogens with zero attached hydrogens (tertiary/aromatic N) is 2. The van der Waals surface area contributed by atoms with Crippen molar-refractivity contribution in [3.8, 4) is 5.75 Å². The predicted molar refractivity (Wildman–Crippen MR) is 76.6 cm³/mol. The van der Waals surface area contributed by atoms with E-state index in [1.807, 2.05) is 26.0 Å². The van der Waals surface area contributed by atoms with Crippen molar-refractivity contribution in [2.75, 3.05) is 12.3 Å². The smallest absolute Gasteiger partial charge is 0.138 e. The van der Waals surface area contributed by atoms with Crippen LogP contribution in [0.25, 0.3) is 0 Å². The SMILES string of the molecule is CCOc1cc(C)c(Cc2ncc(N)cn2)cc1Cl. The first-order valence-corrected chi connectivity index (χ1v) is 6.46. The summed E-state index contributed by atoms with van der Waals surface area (Å²) in [6.07, 6.45) is 3.83. The van der Waals surface area contributed by atoms with Gasteiger partial charge in [0.15, 0.2) is 0 Å². The van der Waals surface area contributed by atoms with E-state index in [1.54, 1.807) is 12.4 Å². The van der Waals surface area contributed by atoms with Gasteiger partial charge in [0.1, 0.15) is 11.6 Å². The second-order valence-corrected chi connectivity index (χ2v) is 4.66. The molecule has 19 heavy (non-hydrogen) atoms. The first-order chi connectivity index (χ1) is 9.10.